The van der Waals surface area contributed by atoms with Crippen LogP contribution in [0, 0.1) is 0 Å². The van der Waals surface area contributed by atoms with E-state index in [0.29, 0.717) is 13.1 Å². The maximum atomic E-state index is 12.0. The van der Waals surface area contributed by atoms with E-state index < -0.39 is 0 Å². The SMILES string of the molecule is O=C(CN1CCCCCC1CO)NCCc1ccccc1. The van der Waals surface area contributed by atoms with E-state index in [1.165, 1.54) is 12.0 Å². The Bertz CT molecular complexity index is 422. The minimum absolute atomic E-state index is 0.0614. The van der Waals surface area contributed by atoms with E-state index in [1.807, 2.05) is 18.2 Å². The first-order valence-electron chi connectivity index (χ1n) is 7.95. The predicted octanol–water partition coefficient (Wildman–Crippen LogP) is 1.58. The molecular weight excluding hydrogens is 264 g/mol. The molecule has 116 valence electrons. The fraction of sp³-hybridized carbons (Fsp3) is 0.588. The van der Waals surface area contributed by atoms with Crippen LogP contribution in [-0.4, -0.2) is 48.2 Å². The molecule has 1 aliphatic heterocycles. The number of hydrogen-bond acceptors (Lipinski definition) is 3. The maximum absolute atomic E-state index is 12.0. The Kier molecular flexibility index (Phi) is 6.70. The molecule has 0 spiro atoms. The van der Waals surface area contributed by atoms with Crippen molar-refractivity contribution in [3.8, 4) is 0 Å². The van der Waals surface area contributed by atoms with E-state index in [0.717, 1.165) is 32.2 Å². The van der Waals surface area contributed by atoms with Gasteiger partial charge in [0.25, 0.3) is 0 Å². The molecule has 0 radical (unpaired) electrons. The van der Waals surface area contributed by atoms with Crippen LogP contribution >= 0.6 is 0 Å². The number of aliphatic hydroxyl groups excluding tert-OH is 1. The van der Waals surface area contributed by atoms with Crippen LogP contribution in [-0.2, 0) is 11.2 Å². The number of nitrogens with one attached hydrogen (secondary N) is 1. The number of carbonyl (C=O) groups excluding carboxylic acids is 1. The first kappa shape index (κ1) is 16.0. The molecule has 4 heteroatoms. The lowest BCUT2D eigenvalue weighted by molar-refractivity contribution is -0.122. The number of likely N-dealkylation sites (tertiary alicyclic amines) is 1. The molecule has 1 fully saturated rings. The lowest BCUT2D eigenvalue weighted by Crippen LogP contribution is -2.44. The van der Waals surface area contributed by atoms with Crippen LogP contribution in [0.3, 0.4) is 0 Å². The average molecular weight is 290 g/mol. The molecule has 1 heterocycles. The van der Waals surface area contributed by atoms with Crippen molar-refractivity contribution in [2.24, 2.45) is 0 Å². The summed E-state index contributed by atoms with van der Waals surface area (Å²) in [4.78, 5) is 14.2. The molecule has 2 N–H and O–H groups in total. The van der Waals surface area contributed by atoms with E-state index in [1.54, 1.807) is 0 Å². The summed E-state index contributed by atoms with van der Waals surface area (Å²) in [5, 5.41) is 12.4. The van der Waals surface area contributed by atoms with Crippen molar-refractivity contribution >= 4 is 5.91 Å². The predicted molar refractivity (Wildman–Crippen MR) is 84.1 cm³/mol. The van der Waals surface area contributed by atoms with Gasteiger partial charge in [0.2, 0.25) is 5.91 Å². The highest BCUT2D eigenvalue weighted by Gasteiger charge is 2.21. The summed E-state index contributed by atoms with van der Waals surface area (Å²) in [7, 11) is 0. The topological polar surface area (TPSA) is 52.6 Å². The summed E-state index contributed by atoms with van der Waals surface area (Å²) in [6, 6.07) is 10.3. The van der Waals surface area contributed by atoms with E-state index in [4.69, 9.17) is 0 Å². The Hall–Kier alpha value is -1.39. The Balaban J connectivity index is 1.72. The molecule has 1 atom stereocenters. The summed E-state index contributed by atoms with van der Waals surface area (Å²) >= 11 is 0. The Morgan fingerprint density at radius 1 is 1.24 bits per heavy atom. The summed E-state index contributed by atoms with van der Waals surface area (Å²) in [6.45, 7) is 2.13. The molecule has 1 unspecified atom stereocenters. The Morgan fingerprint density at radius 3 is 2.81 bits per heavy atom. The van der Waals surface area contributed by atoms with Gasteiger partial charge in [-0.25, -0.2) is 0 Å². The summed E-state index contributed by atoms with van der Waals surface area (Å²) in [5.41, 5.74) is 1.24. The Labute approximate surface area is 127 Å². The molecule has 0 aliphatic carbocycles. The van der Waals surface area contributed by atoms with E-state index in [2.05, 4.69) is 22.3 Å². The van der Waals surface area contributed by atoms with Gasteiger partial charge in [0.1, 0.15) is 0 Å². The van der Waals surface area contributed by atoms with E-state index >= 15 is 0 Å². The normalized spacial score (nSPS) is 20.0. The van der Waals surface area contributed by atoms with E-state index in [-0.39, 0.29) is 18.6 Å². The highest BCUT2D eigenvalue weighted by molar-refractivity contribution is 5.78. The van der Waals surface area contributed by atoms with Gasteiger partial charge in [0, 0.05) is 12.6 Å². The fourth-order valence-electron chi connectivity index (χ4n) is 2.88. The van der Waals surface area contributed by atoms with Gasteiger partial charge in [-0.2, -0.15) is 0 Å². The zero-order valence-corrected chi connectivity index (χ0v) is 12.6. The summed E-state index contributed by atoms with van der Waals surface area (Å²) in [5.74, 6) is 0.0614. The fourth-order valence-corrected chi connectivity index (χ4v) is 2.88. The summed E-state index contributed by atoms with van der Waals surface area (Å²) < 4.78 is 0. The molecule has 1 saturated heterocycles. The average Bonchev–Trinajstić information content (AvgIpc) is 2.73. The second kappa shape index (κ2) is 8.80. The molecular formula is C17H26N2O2. The highest BCUT2D eigenvalue weighted by Crippen LogP contribution is 2.15. The third-order valence-corrected chi connectivity index (χ3v) is 4.14. The zero-order chi connectivity index (χ0) is 14.9. The second-order valence-electron chi connectivity index (χ2n) is 5.74. The second-order valence-corrected chi connectivity index (χ2v) is 5.74. The van der Waals surface area contributed by atoms with Gasteiger partial charge in [-0.1, -0.05) is 43.2 Å². The van der Waals surface area contributed by atoms with Crippen molar-refractivity contribution in [3.05, 3.63) is 35.9 Å². The third kappa shape index (κ3) is 5.48. The largest absolute Gasteiger partial charge is 0.395 e. The van der Waals surface area contributed by atoms with Crippen molar-refractivity contribution in [1.29, 1.82) is 0 Å². The van der Waals surface area contributed by atoms with Gasteiger partial charge < -0.3 is 10.4 Å². The van der Waals surface area contributed by atoms with Crippen LogP contribution in [0.4, 0.5) is 0 Å². The van der Waals surface area contributed by atoms with Crippen LogP contribution in [0.25, 0.3) is 0 Å². The quantitative estimate of drug-likeness (QED) is 0.836. The molecule has 0 bridgehead atoms. The van der Waals surface area contributed by atoms with Crippen LogP contribution in [0.5, 0.6) is 0 Å². The number of nitrogens with zero attached hydrogens (tertiary/aromatic N) is 1. The number of aliphatic hydroxyl groups is 1. The van der Waals surface area contributed by atoms with E-state index in [9.17, 15) is 9.90 Å². The standard InChI is InChI=1S/C17H26N2O2/c20-14-16-9-5-2-6-12-19(16)13-17(21)18-11-10-15-7-3-1-4-8-15/h1,3-4,7-8,16,20H,2,5-6,9-14H2,(H,18,21). The molecule has 0 aromatic heterocycles. The highest BCUT2D eigenvalue weighted by atomic mass is 16.3. The van der Waals surface area contributed by atoms with Crippen molar-refractivity contribution in [3.63, 3.8) is 0 Å². The zero-order valence-electron chi connectivity index (χ0n) is 12.6. The smallest absolute Gasteiger partial charge is 0.234 e. The number of amides is 1. The van der Waals surface area contributed by atoms with Gasteiger partial charge in [-0.05, 0) is 31.4 Å². The Morgan fingerprint density at radius 2 is 2.05 bits per heavy atom. The molecule has 1 aromatic carbocycles. The minimum atomic E-state index is 0.0614. The molecule has 1 aromatic rings. The van der Waals surface area contributed by atoms with Crippen LogP contribution in [0.1, 0.15) is 31.2 Å². The van der Waals surface area contributed by atoms with Gasteiger partial charge in [-0.3, -0.25) is 9.69 Å². The maximum Gasteiger partial charge on any atom is 0.234 e. The van der Waals surface area contributed by atoms with Gasteiger partial charge in [0.05, 0.1) is 13.2 Å². The first-order chi connectivity index (χ1) is 10.3. The monoisotopic (exact) mass is 290 g/mol. The number of benzene rings is 1. The molecule has 2 rings (SSSR count). The minimum Gasteiger partial charge on any atom is -0.395 e. The van der Waals surface area contributed by atoms with Crippen molar-refractivity contribution in [2.45, 2.75) is 38.1 Å². The van der Waals surface area contributed by atoms with Gasteiger partial charge in [0.15, 0.2) is 0 Å². The molecule has 1 amide bonds. The number of carbonyl (C=O) groups is 1. The van der Waals surface area contributed by atoms with Crippen LogP contribution < -0.4 is 5.32 Å². The number of hydrogen-bond donors (Lipinski definition) is 2. The lowest BCUT2D eigenvalue weighted by atomic mass is 10.1. The number of rotatable bonds is 6. The first-order valence-corrected chi connectivity index (χ1v) is 7.95. The third-order valence-electron chi connectivity index (χ3n) is 4.14. The molecule has 1 aliphatic rings. The van der Waals surface area contributed by atoms with Gasteiger partial charge >= 0.3 is 0 Å². The summed E-state index contributed by atoms with van der Waals surface area (Å²) in [6.07, 6.45) is 5.32. The lowest BCUT2D eigenvalue weighted by Gasteiger charge is -2.27. The van der Waals surface area contributed by atoms with Crippen molar-refractivity contribution < 1.29 is 9.90 Å². The molecule has 21 heavy (non-hydrogen) atoms. The van der Waals surface area contributed by atoms with Crippen LogP contribution in [0.15, 0.2) is 30.3 Å². The van der Waals surface area contributed by atoms with Crippen LogP contribution in [0.2, 0.25) is 0 Å². The van der Waals surface area contributed by atoms with Gasteiger partial charge in [-0.15, -0.1) is 0 Å². The molecule has 4 nitrogen and oxygen atoms in total. The van der Waals surface area contributed by atoms with Crippen molar-refractivity contribution in [2.75, 3.05) is 26.2 Å². The molecule has 0 saturated carbocycles. The van der Waals surface area contributed by atoms with Crippen molar-refractivity contribution in [1.82, 2.24) is 10.2 Å².